The maximum atomic E-state index is 4.79. The average molecular weight is 349 g/mol. The average Bonchev–Trinajstić information content (AvgIpc) is 3.00. The summed E-state index contributed by atoms with van der Waals surface area (Å²) < 4.78 is 0. The number of benzene rings is 1. The molecule has 1 aliphatic carbocycles. The summed E-state index contributed by atoms with van der Waals surface area (Å²) in [6.07, 6.45) is 6.01. The third kappa shape index (κ3) is 6.36. The molecule has 1 aromatic rings. The minimum absolute atomic E-state index is 0.556. The molecule has 4 nitrogen and oxygen atoms in total. The van der Waals surface area contributed by atoms with Crippen molar-refractivity contribution in [3.8, 4) is 0 Å². The van der Waals surface area contributed by atoms with Gasteiger partial charge in [0, 0.05) is 24.4 Å². The summed E-state index contributed by atoms with van der Waals surface area (Å²) in [4.78, 5) is 6.98. The summed E-state index contributed by atoms with van der Waals surface area (Å²) >= 11 is 1.99. The van der Waals surface area contributed by atoms with Gasteiger partial charge in [0.1, 0.15) is 0 Å². The van der Waals surface area contributed by atoms with Crippen molar-refractivity contribution in [2.24, 2.45) is 4.99 Å². The fraction of sp³-hybridized carbons (Fsp3) is 0.632. The molecule has 0 bridgehead atoms. The van der Waals surface area contributed by atoms with Gasteiger partial charge in [0.05, 0.1) is 6.54 Å². The molecule has 2 N–H and O–H groups in total. The Bertz CT molecular complexity index is 530. The van der Waals surface area contributed by atoms with Crippen LogP contribution in [0.2, 0.25) is 0 Å². The Kier molecular flexibility index (Phi) is 7.92. The number of hydrogen-bond acceptors (Lipinski definition) is 3. The molecule has 2 atom stereocenters. The van der Waals surface area contributed by atoms with Crippen LogP contribution in [0.5, 0.6) is 0 Å². The van der Waals surface area contributed by atoms with Crippen molar-refractivity contribution in [3.05, 3.63) is 35.4 Å². The largest absolute Gasteiger partial charge is 0.357 e. The Hall–Kier alpha value is -1.20. The lowest BCUT2D eigenvalue weighted by Crippen LogP contribution is -2.42. The molecule has 0 radical (unpaired) electrons. The molecule has 2 unspecified atom stereocenters. The highest BCUT2D eigenvalue weighted by molar-refractivity contribution is 7.99. The Labute approximate surface area is 151 Å². The van der Waals surface area contributed by atoms with E-state index in [1.807, 2.05) is 11.8 Å². The van der Waals surface area contributed by atoms with Crippen LogP contribution in [-0.2, 0) is 13.1 Å². The van der Waals surface area contributed by atoms with Gasteiger partial charge in [0.2, 0.25) is 0 Å². The van der Waals surface area contributed by atoms with Gasteiger partial charge < -0.3 is 15.5 Å². The molecular weight excluding hydrogens is 316 g/mol. The third-order valence-electron chi connectivity index (χ3n) is 4.31. The molecular formula is C19H32N4S. The molecule has 0 saturated heterocycles. The van der Waals surface area contributed by atoms with E-state index in [1.165, 1.54) is 30.4 Å². The first kappa shape index (κ1) is 19.1. The normalized spacial score (nSPS) is 21.3. The SMILES string of the molecule is CCNC(=NCc1cccc(CN(C)C)c1)NC1CCC(SC)C1. The van der Waals surface area contributed by atoms with E-state index in [0.29, 0.717) is 6.04 Å². The van der Waals surface area contributed by atoms with E-state index in [4.69, 9.17) is 4.99 Å². The van der Waals surface area contributed by atoms with E-state index in [0.717, 1.165) is 30.8 Å². The molecule has 134 valence electrons. The number of guanidine groups is 1. The molecule has 0 spiro atoms. The van der Waals surface area contributed by atoms with E-state index in [1.54, 1.807) is 0 Å². The smallest absolute Gasteiger partial charge is 0.191 e. The van der Waals surface area contributed by atoms with Gasteiger partial charge in [-0.15, -0.1) is 0 Å². The number of aliphatic imine (C=N–C) groups is 1. The number of thioether (sulfide) groups is 1. The summed E-state index contributed by atoms with van der Waals surface area (Å²) in [6.45, 7) is 4.70. The van der Waals surface area contributed by atoms with Crippen LogP contribution in [0.4, 0.5) is 0 Å². The maximum absolute atomic E-state index is 4.79. The number of nitrogens with zero attached hydrogens (tertiary/aromatic N) is 2. The molecule has 1 saturated carbocycles. The fourth-order valence-corrected chi connectivity index (χ4v) is 3.96. The summed E-state index contributed by atoms with van der Waals surface area (Å²) in [7, 11) is 4.20. The van der Waals surface area contributed by atoms with Gasteiger partial charge in [-0.3, -0.25) is 0 Å². The van der Waals surface area contributed by atoms with Gasteiger partial charge in [-0.25, -0.2) is 4.99 Å². The standard InChI is InChI=1S/C19H32N4S/c1-5-20-19(22-17-9-10-18(12-17)24-4)21-13-15-7-6-8-16(11-15)14-23(2)3/h6-8,11,17-18H,5,9-10,12-14H2,1-4H3,(H2,20,21,22). The van der Waals surface area contributed by atoms with Crippen LogP contribution in [-0.4, -0.2) is 49.0 Å². The summed E-state index contributed by atoms with van der Waals surface area (Å²) in [5, 5.41) is 7.80. The van der Waals surface area contributed by atoms with E-state index >= 15 is 0 Å². The van der Waals surface area contributed by atoms with Gasteiger partial charge in [0.15, 0.2) is 5.96 Å². The Morgan fingerprint density at radius 1 is 1.29 bits per heavy atom. The van der Waals surface area contributed by atoms with Crippen molar-refractivity contribution in [2.75, 3.05) is 26.9 Å². The minimum atomic E-state index is 0.556. The molecule has 1 fully saturated rings. The van der Waals surface area contributed by atoms with E-state index < -0.39 is 0 Å². The molecule has 1 aromatic carbocycles. The first-order chi connectivity index (χ1) is 11.6. The van der Waals surface area contributed by atoms with E-state index in [2.05, 4.69) is 67.1 Å². The van der Waals surface area contributed by atoms with Crippen LogP contribution < -0.4 is 10.6 Å². The summed E-state index contributed by atoms with van der Waals surface area (Å²) in [5.74, 6) is 0.947. The van der Waals surface area contributed by atoms with Gasteiger partial charge in [-0.2, -0.15) is 11.8 Å². The number of nitrogens with one attached hydrogen (secondary N) is 2. The van der Waals surface area contributed by atoms with Gasteiger partial charge in [0.25, 0.3) is 0 Å². The first-order valence-corrected chi connectivity index (χ1v) is 10.2. The number of hydrogen-bond donors (Lipinski definition) is 2. The van der Waals surface area contributed by atoms with Crippen LogP contribution in [0.25, 0.3) is 0 Å². The lowest BCUT2D eigenvalue weighted by Gasteiger charge is -2.17. The second-order valence-electron chi connectivity index (χ2n) is 6.76. The Morgan fingerprint density at radius 3 is 2.75 bits per heavy atom. The molecule has 24 heavy (non-hydrogen) atoms. The zero-order valence-electron chi connectivity index (χ0n) is 15.5. The molecule has 0 aromatic heterocycles. The van der Waals surface area contributed by atoms with Crippen molar-refractivity contribution in [2.45, 2.75) is 50.6 Å². The van der Waals surface area contributed by atoms with Crippen LogP contribution in [0.3, 0.4) is 0 Å². The van der Waals surface area contributed by atoms with Crippen LogP contribution in [0.15, 0.2) is 29.3 Å². The van der Waals surface area contributed by atoms with Crippen molar-refractivity contribution in [1.82, 2.24) is 15.5 Å². The van der Waals surface area contributed by atoms with Crippen LogP contribution in [0, 0.1) is 0 Å². The predicted molar refractivity (Wildman–Crippen MR) is 107 cm³/mol. The quantitative estimate of drug-likeness (QED) is 0.587. The van der Waals surface area contributed by atoms with Crippen molar-refractivity contribution >= 4 is 17.7 Å². The summed E-state index contributed by atoms with van der Waals surface area (Å²) in [5.41, 5.74) is 2.60. The maximum Gasteiger partial charge on any atom is 0.191 e. The van der Waals surface area contributed by atoms with E-state index in [-0.39, 0.29) is 0 Å². The first-order valence-electron chi connectivity index (χ1n) is 8.91. The fourth-order valence-electron chi connectivity index (χ4n) is 3.16. The molecule has 2 rings (SSSR count). The van der Waals surface area contributed by atoms with Crippen molar-refractivity contribution in [3.63, 3.8) is 0 Å². The zero-order chi connectivity index (χ0) is 17.4. The monoisotopic (exact) mass is 348 g/mol. The topological polar surface area (TPSA) is 39.7 Å². The van der Waals surface area contributed by atoms with Gasteiger partial charge in [-0.1, -0.05) is 24.3 Å². The van der Waals surface area contributed by atoms with Gasteiger partial charge >= 0.3 is 0 Å². The zero-order valence-corrected chi connectivity index (χ0v) is 16.3. The minimum Gasteiger partial charge on any atom is -0.357 e. The lowest BCUT2D eigenvalue weighted by atomic mass is 10.1. The molecule has 0 amide bonds. The Morgan fingerprint density at radius 2 is 2.08 bits per heavy atom. The highest BCUT2D eigenvalue weighted by Gasteiger charge is 2.24. The molecule has 0 aliphatic heterocycles. The summed E-state index contributed by atoms with van der Waals surface area (Å²) in [6, 6.07) is 9.28. The second-order valence-corrected chi connectivity index (χ2v) is 7.90. The predicted octanol–water partition coefficient (Wildman–Crippen LogP) is 3.09. The second kappa shape index (κ2) is 9.94. The van der Waals surface area contributed by atoms with Crippen molar-refractivity contribution in [1.29, 1.82) is 0 Å². The highest BCUT2D eigenvalue weighted by atomic mass is 32.2. The molecule has 5 heteroatoms. The van der Waals surface area contributed by atoms with Crippen LogP contribution >= 0.6 is 11.8 Å². The Balaban J connectivity index is 1.95. The van der Waals surface area contributed by atoms with E-state index in [9.17, 15) is 0 Å². The third-order valence-corrected chi connectivity index (χ3v) is 5.41. The van der Waals surface area contributed by atoms with Crippen molar-refractivity contribution < 1.29 is 0 Å². The molecule has 0 heterocycles. The molecule has 1 aliphatic rings. The van der Waals surface area contributed by atoms with Crippen LogP contribution in [0.1, 0.15) is 37.3 Å². The number of rotatable bonds is 7. The highest BCUT2D eigenvalue weighted by Crippen LogP contribution is 2.28. The van der Waals surface area contributed by atoms with Gasteiger partial charge in [-0.05, 0) is 57.7 Å². The lowest BCUT2D eigenvalue weighted by molar-refractivity contribution is 0.402.